The van der Waals surface area contributed by atoms with Crippen LogP contribution in [0.2, 0.25) is 0 Å². The van der Waals surface area contributed by atoms with Crippen LogP contribution in [0.1, 0.15) is 16.8 Å². The molecule has 4 N–H and O–H groups in total. The number of aromatic nitrogens is 3. The second-order valence-corrected chi connectivity index (χ2v) is 5.61. The molecular weight excluding hydrogens is 328 g/mol. The van der Waals surface area contributed by atoms with Crippen LogP contribution in [0.5, 0.6) is 0 Å². The second-order valence-electron chi connectivity index (χ2n) is 5.61. The van der Waals surface area contributed by atoms with Crippen LogP contribution in [-0.2, 0) is 0 Å². The highest BCUT2D eigenvalue weighted by molar-refractivity contribution is 5.95. The van der Waals surface area contributed by atoms with Gasteiger partial charge in [0.05, 0.1) is 5.69 Å². The van der Waals surface area contributed by atoms with Gasteiger partial charge in [0.2, 0.25) is 5.95 Å². The fourth-order valence-electron chi connectivity index (χ4n) is 2.37. The van der Waals surface area contributed by atoms with Gasteiger partial charge >= 0.3 is 0 Å². The SMILES string of the molecule is NCCCNC(=O)c1cccc(Nc2nccc(-c3cccnc3)n2)c1. The largest absolute Gasteiger partial charge is 0.352 e. The molecule has 3 rings (SSSR count). The lowest BCUT2D eigenvalue weighted by Crippen LogP contribution is -2.25. The first-order valence-electron chi connectivity index (χ1n) is 8.35. The van der Waals surface area contributed by atoms with Crippen molar-refractivity contribution in [2.24, 2.45) is 5.73 Å². The van der Waals surface area contributed by atoms with Gasteiger partial charge < -0.3 is 16.4 Å². The molecule has 0 saturated carbocycles. The van der Waals surface area contributed by atoms with Crippen LogP contribution in [0.15, 0.2) is 61.1 Å². The summed E-state index contributed by atoms with van der Waals surface area (Å²) in [4.78, 5) is 25.0. The number of rotatable bonds is 7. The summed E-state index contributed by atoms with van der Waals surface area (Å²) in [5, 5.41) is 5.97. The van der Waals surface area contributed by atoms with Gasteiger partial charge in [-0.05, 0) is 49.4 Å². The average Bonchev–Trinajstić information content (AvgIpc) is 2.69. The molecule has 0 aliphatic rings. The minimum atomic E-state index is -0.132. The Kier molecular flexibility index (Phi) is 5.84. The Labute approximate surface area is 151 Å². The number of nitrogens with zero attached hydrogens (tertiary/aromatic N) is 3. The Hall–Kier alpha value is -3.32. The molecule has 1 amide bonds. The summed E-state index contributed by atoms with van der Waals surface area (Å²) >= 11 is 0. The lowest BCUT2D eigenvalue weighted by atomic mass is 10.2. The van der Waals surface area contributed by atoms with Crippen LogP contribution in [0, 0.1) is 0 Å². The molecule has 0 unspecified atom stereocenters. The smallest absolute Gasteiger partial charge is 0.251 e. The lowest BCUT2D eigenvalue weighted by Gasteiger charge is -2.09. The molecule has 0 radical (unpaired) electrons. The van der Waals surface area contributed by atoms with Crippen molar-refractivity contribution in [3.05, 3.63) is 66.6 Å². The molecule has 26 heavy (non-hydrogen) atoms. The fourth-order valence-corrected chi connectivity index (χ4v) is 2.37. The van der Waals surface area contributed by atoms with Crippen molar-refractivity contribution in [3.8, 4) is 11.3 Å². The molecule has 2 aromatic heterocycles. The topological polar surface area (TPSA) is 106 Å². The molecule has 7 heteroatoms. The molecule has 1 aromatic carbocycles. The van der Waals surface area contributed by atoms with Crippen LogP contribution in [0.25, 0.3) is 11.3 Å². The molecule has 0 spiro atoms. The molecule has 3 aromatic rings. The van der Waals surface area contributed by atoms with Crippen molar-refractivity contribution in [2.45, 2.75) is 6.42 Å². The molecule has 132 valence electrons. The molecular formula is C19H20N6O. The van der Waals surface area contributed by atoms with Crippen LogP contribution >= 0.6 is 0 Å². The maximum atomic E-state index is 12.1. The third-order valence-corrected chi connectivity index (χ3v) is 3.66. The molecule has 0 saturated heterocycles. The van der Waals surface area contributed by atoms with E-state index in [1.165, 1.54) is 0 Å². The van der Waals surface area contributed by atoms with E-state index in [1.54, 1.807) is 30.7 Å². The number of anilines is 2. The maximum absolute atomic E-state index is 12.1. The third-order valence-electron chi connectivity index (χ3n) is 3.66. The van der Waals surface area contributed by atoms with Gasteiger partial charge in [0.15, 0.2) is 0 Å². The van der Waals surface area contributed by atoms with Gasteiger partial charge in [0.1, 0.15) is 0 Å². The van der Waals surface area contributed by atoms with E-state index in [-0.39, 0.29) is 5.91 Å². The normalized spacial score (nSPS) is 10.3. The highest BCUT2D eigenvalue weighted by Crippen LogP contribution is 2.19. The highest BCUT2D eigenvalue weighted by atomic mass is 16.1. The number of hydrogen-bond acceptors (Lipinski definition) is 6. The van der Waals surface area contributed by atoms with Gasteiger partial charge in [-0.25, -0.2) is 9.97 Å². The molecule has 2 heterocycles. The number of carbonyl (C=O) groups is 1. The Bertz CT molecular complexity index is 869. The second kappa shape index (κ2) is 8.68. The molecule has 0 atom stereocenters. The summed E-state index contributed by atoms with van der Waals surface area (Å²) < 4.78 is 0. The molecule has 0 aliphatic heterocycles. The van der Waals surface area contributed by atoms with E-state index < -0.39 is 0 Å². The molecule has 0 aliphatic carbocycles. The van der Waals surface area contributed by atoms with Crippen molar-refractivity contribution >= 4 is 17.5 Å². The molecule has 0 fully saturated rings. The lowest BCUT2D eigenvalue weighted by molar-refractivity contribution is 0.0953. The van der Waals surface area contributed by atoms with Gasteiger partial charge in [-0.2, -0.15) is 0 Å². The zero-order valence-electron chi connectivity index (χ0n) is 14.2. The van der Waals surface area contributed by atoms with Crippen molar-refractivity contribution < 1.29 is 4.79 Å². The van der Waals surface area contributed by atoms with E-state index in [0.717, 1.165) is 23.4 Å². The number of benzene rings is 1. The first-order chi connectivity index (χ1) is 12.8. The van der Waals surface area contributed by atoms with Crippen molar-refractivity contribution in [3.63, 3.8) is 0 Å². The van der Waals surface area contributed by atoms with Crippen LogP contribution < -0.4 is 16.4 Å². The van der Waals surface area contributed by atoms with Crippen molar-refractivity contribution in [2.75, 3.05) is 18.4 Å². The Morgan fingerprint density at radius 1 is 1.12 bits per heavy atom. The average molecular weight is 348 g/mol. The van der Waals surface area contributed by atoms with Gasteiger partial charge in [-0.1, -0.05) is 6.07 Å². The van der Waals surface area contributed by atoms with Crippen molar-refractivity contribution in [1.82, 2.24) is 20.3 Å². The highest BCUT2D eigenvalue weighted by Gasteiger charge is 2.07. The summed E-state index contributed by atoms with van der Waals surface area (Å²) in [7, 11) is 0. The van der Waals surface area contributed by atoms with Gasteiger partial charge in [0, 0.05) is 41.9 Å². The fraction of sp³-hybridized carbons (Fsp3) is 0.158. The number of amides is 1. The van der Waals surface area contributed by atoms with E-state index in [1.807, 2.05) is 30.3 Å². The van der Waals surface area contributed by atoms with Crippen molar-refractivity contribution in [1.29, 1.82) is 0 Å². The standard InChI is InChI=1S/C19H20N6O/c20-8-3-10-22-18(26)14-4-1-6-16(12-14)24-19-23-11-7-17(25-19)15-5-2-9-21-13-15/h1-2,4-7,9,11-13H,3,8,10,20H2,(H,22,26)(H,23,24,25). The number of nitrogens with one attached hydrogen (secondary N) is 2. The summed E-state index contributed by atoms with van der Waals surface area (Å²) in [6.45, 7) is 1.11. The third kappa shape index (κ3) is 4.61. The summed E-state index contributed by atoms with van der Waals surface area (Å²) in [6, 6.07) is 12.8. The number of nitrogens with two attached hydrogens (primary N) is 1. The van der Waals surface area contributed by atoms with Crippen LogP contribution in [-0.4, -0.2) is 33.9 Å². The molecule has 7 nitrogen and oxygen atoms in total. The van der Waals surface area contributed by atoms with E-state index in [2.05, 4.69) is 25.6 Å². The Morgan fingerprint density at radius 2 is 2.04 bits per heavy atom. The molecule has 0 bridgehead atoms. The zero-order chi connectivity index (χ0) is 18.2. The van der Waals surface area contributed by atoms with Gasteiger partial charge in [-0.3, -0.25) is 9.78 Å². The Balaban J connectivity index is 1.73. The number of pyridine rings is 1. The van der Waals surface area contributed by atoms with E-state index >= 15 is 0 Å². The maximum Gasteiger partial charge on any atom is 0.251 e. The minimum absolute atomic E-state index is 0.132. The van der Waals surface area contributed by atoms with Crippen LogP contribution in [0.3, 0.4) is 0 Å². The first-order valence-corrected chi connectivity index (χ1v) is 8.35. The Morgan fingerprint density at radius 3 is 2.85 bits per heavy atom. The summed E-state index contributed by atoms with van der Waals surface area (Å²) in [5.74, 6) is 0.319. The predicted molar refractivity (Wildman–Crippen MR) is 101 cm³/mol. The van der Waals surface area contributed by atoms with Gasteiger partial charge in [0.25, 0.3) is 5.91 Å². The predicted octanol–water partition coefficient (Wildman–Crippen LogP) is 2.36. The van der Waals surface area contributed by atoms with Crippen LogP contribution in [0.4, 0.5) is 11.6 Å². The monoisotopic (exact) mass is 348 g/mol. The minimum Gasteiger partial charge on any atom is -0.352 e. The van der Waals surface area contributed by atoms with E-state index in [9.17, 15) is 4.79 Å². The quantitative estimate of drug-likeness (QED) is 0.566. The van der Waals surface area contributed by atoms with E-state index in [4.69, 9.17) is 5.73 Å². The number of hydrogen-bond donors (Lipinski definition) is 3. The first kappa shape index (κ1) is 17.5. The van der Waals surface area contributed by atoms with Gasteiger partial charge in [-0.15, -0.1) is 0 Å². The summed E-state index contributed by atoms with van der Waals surface area (Å²) in [5.41, 5.74) is 8.42. The number of carbonyl (C=O) groups excluding carboxylic acids is 1. The van der Waals surface area contributed by atoms with E-state index in [0.29, 0.717) is 24.6 Å². The zero-order valence-corrected chi connectivity index (χ0v) is 14.2. The summed E-state index contributed by atoms with van der Waals surface area (Å²) in [6.07, 6.45) is 5.89.